The van der Waals surface area contributed by atoms with Gasteiger partial charge in [-0.15, -0.1) is 0 Å². The summed E-state index contributed by atoms with van der Waals surface area (Å²) in [5, 5.41) is 6.22. The molecule has 1 aromatic carbocycles. The summed E-state index contributed by atoms with van der Waals surface area (Å²) < 4.78 is 5.92. The van der Waals surface area contributed by atoms with E-state index in [2.05, 4.69) is 51.3 Å². The van der Waals surface area contributed by atoms with Gasteiger partial charge in [0.1, 0.15) is 6.61 Å². The van der Waals surface area contributed by atoms with Crippen molar-refractivity contribution in [3.63, 3.8) is 0 Å². The molecular weight excluding hydrogens is 406 g/mol. The van der Waals surface area contributed by atoms with Gasteiger partial charge in [0.05, 0.1) is 11.5 Å². The molecule has 0 fully saturated rings. The minimum Gasteiger partial charge on any atom is -0.494 e. The van der Waals surface area contributed by atoms with Crippen LogP contribution in [-0.2, 0) is 11.3 Å². The SMILES string of the molecule is C=C/C(=C\C=C(/C)OCc1ccccc1)C1=C(CCCCCCC)N(N=C)C(=C(C)C)N=C1. The van der Waals surface area contributed by atoms with Gasteiger partial charge in [-0.25, -0.2) is 10.0 Å². The van der Waals surface area contributed by atoms with Crippen LogP contribution in [0.5, 0.6) is 0 Å². The van der Waals surface area contributed by atoms with Crippen molar-refractivity contribution in [2.24, 2.45) is 10.1 Å². The van der Waals surface area contributed by atoms with Crippen LogP contribution in [0, 0.1) is 0 Å². The number of ether oxygens (including phenoxy) is 1. The van der Waals surface area contributed by atoms with Gasteiger partial charge in [0.25, 0.3) is 0 Å². The molecule has 0 unspecified atom stereocenters. The number of benzene rings is 1. The van der Waals surface area contributed by atoms with Crippen molar-refractivity contribution < 1.29 is 4.74 Å². The third-order valence-electron chi connectivity index (χ3n) is 5.53. The lowest BCUT2D eigenvalue weighted by molar-refractivity contribution is 0.201. The minimum atomic E-state index is 0.547. The monoisotopic (exact) mass is 445 g/mol. The fourth-order valence-corrected chi connectivity index (χ4v) is 3.66. The Kier molecular flexibility index (Phi) is 11.2. The van der Waals surface area contributed by atoms with Crippen LogP contribution in [0.15, 0.2) is 99.2 Å². The van der Waals surface area contributed by atoms with Gasteiger partial charge >= 0.3 is 0 Å². The highest BCUT2D eigenvalue weighted by Crippen LogP contribution is 2.32. The van der Waals surface area contributed by atoms with E-state index in [9.17, 15) is 0 Å². The maximum Gasteiger partial charge on any atom is 0.152 e. The maximum absolute atomic E-state index is 5.92. The zero-order chi connectivity index (χ0) is 24.1. The van der Waals surface area contributed by atoms with Gasteiger partial charge in [0.2, 0.25) is 0 Å². The van der Waals surface area contributed by atoms with E-state index in [0.717, 1.165) is 52.4 Å². The molecule has 4 heteroatoms. The average Bonchev–Trinajstić information content (AvgIpc) is 2.83. The standard InChI is InChI=1S/C29H39N3O/c1-7-9-10-11-15-18-28-27(21-31-29(23(3)4)32(28)30-6)26(8-2)20-19-24(5)33-22-25-16-13-12-14-17-25/h8,12-14,16-17,19-21H,2,6-7,9-11,15,18,22H2,1,3-5H3/b24-19+,26-20+. The van der Waals surface area contributed by atoms with E-state index in [1.165, 1.54) is 25.7 Å². The largest absolute Gasteiger partial charge is 0.494 e. The lowest BCUT2D eigenvalue weighted by atomic mass is 9.98. The van der Waals surface area contributed by atoms with Crippen LogP contribution in [-0.4, -0.2) is 17.9 Å². The number of rotatable bonds is 13. The smallest absolute Gasteiger partial charge is 0.152 e. The quantitative estimate of drug-likeness (QED) is 0.133. The number of aliphatic imine (C=N–C) groups is 1. The molecule has 0 saturated carbocycles. The third kappa shape index (κ3) is 8.05. The molecule has 2 rings (SSSR count). The zero-order valence-electron chi connectivity index (χ0n) is 20.8. The summed E-state index contributed by atoms with van der Waals surface area (Å²) in [6.45, 7) is 16.7. The number of unbranched alkanes of at least 4 members (excludes halogenated alkanes) is 4. The van der Waals surface area contributed by atoms with E-state index >= 15 is 0 Å². The summed E-state index contributed by atoms with van der Waals surface area (Å²) in [6.07, 6.45) is 14.8. The first-order valence-corrected chi connectivity index (χ1v) is 11.9. The highest BCUT2D eigenvalue weighted by Gasteiger charge is 2.22. The van der Waals surface area contributed by atoms with Crippen LogP contribution >= 0.6 is 0 Å². The molecule has 0 atom stereocenters. The topological polar surface area (TPSA) is 37.2 Å². The Balaban J connectivity index is 2.28. The maximum atomic E-state index is 5.92. The second-order valence-electron chi connectivity index (χ2n) is 8.44. The number of nitrogens with zero attached hydrogens (tertiary/aromatic N) is 3. The van der Waals surface area contributed by atoms with E-state index in [1.54, 1.807) is 0 Å². The Morgan fingerprint density at radius 3 is 2.42 bits per heavy atom. The molecular formula is C29H39N3O. The fourth-order valence-electron chi connectivity index (χ4n) is 3.66. The van der Waals surface area contributed by atoms with Gasteiger partial charge in [0.15, 0.2) is 5.82 Å². The molecule has 1 heterocycles. The Hall–Kier alpha value is -3.14. The summed E-state index contributed by atoms with van der Waals surface area (Å²) in [5.74, 6) is 1.69. The number of hydrazone groups is 1. The van der Waals surface area contributed by atoms with E-state index in [0.29, 0.717) is 6.61 Å². The van der Waals surface area contributed by atoms with Gasteiger partial charge in [-0.2, -0.15) is 5.10 Å². The van der Waals surface area contributed by atoms with Gasteiger partial charge < -0.3 is 4.74 Å². The van der Waals surface area contributed by atoms with Crippen LogP contribution in [0.4, 0.5) is 0 Å². The first-order valence-electron chi connectivity index (χ1n) is 11.9. The lowest BCUT2D eigenvalue weighted by Crippen LogP contribution is -2.22. The third-order valence-corrected chi connectivity index (χ3v) is 5.53. The molecule has 33 heavy (non-hydrogen) atoms. The number of hydrogen-bond donors (Lipinski definition) is 0. The molecule has 1 aromatic rings. The highest BCUT2D eigenvalue weighted by atomic mass is 16.5. The second-order valence-corrected chi connectivity index (χ2v) is 8.44. The Morgan fingerprint density at radius 1 is 1.06 bits per heavy atom. The molecule has 0 N–H and O–H groups in total. The molecule has 1 aliphatic heterocycles. The van der Waals surface area contributed by atoms with Crippen LogP contribution in [0.2, 0.25) is 0 Å². The van der Waals surface area contributed by atoms with Crippen molar-refractivity contribution in [3.05, 3.63) is 94.7 Å². The molecule has 4 nitrogen and oxygen atoms in total. The van der Waals surface area contributed by atoms with E-state index in [1.807, 2.05) is 54.6 Å². The van der Waals surface area contributed by atoms with Crippen LogP contribution < -0.4 is 0 Å². The molecule has 1 aliphatic rings. The summed E-state index contributed by atoms with van der Waals surface area (Å²) >= 11 is 0. The Morgan fingerprint density at radius 2 is 1.79 bits per heavy atom. The van der Waals surface area contributed by atoms with Crippen molar-refractivity contribution >= 4 is 12.9 Å². The first-order chi connectivity index (χ1) is 16.0. The molecule has 176 valence electrons. The predicted molar refractivity (Wildman–Crippen MR) is 142 cm³/mol. The van der Waals surface area contributed by atoms with E-state index in [-0.39, 0.29) is 0 Å². The van der Waals surface area contributed by atoms with Gasteiger partial charge in [-0.05, 0) is 56.4 Å². The van der Waals surface area contributed by atoms with Crippen LogP contribution in [0.1, 0.15) is 71.8 Å². The number of allylic oxidation sites excluding steroid dienone is 8. The molecule has 0 amide bonds. The van der Waals surface area contributed by atoms with Crippen LogP contribution in [0.3, 0.4) is 0 Å². The van der Waals surface area contributed by atoms with Gasteiger partial charge in [0, 0.05) is 18.5 Å². The highest BCUT2D eigenvalue weighted by molar-refractivity contribution is 5.89. The number of hydrogen-bond acceptors (Lipinski definition) is 4. The molecule has 0 spiro atoms. The molecule has 0 bridgehead atoms. The first kappa shape index (κ1) is 26.1. The molecule has 0 saturated heterocycles. The predicted octanol–water partition coefficient (Wildman–Crippen LogP) is 8.09. The summed E-state index contributed by atoms with van der Waals surface area (Å²) in [5.41, 5.74) is 5.40. The minimum absolute atomic E-state index is 0.547. The molecule has 0 aliphatic carbocycles. The van der Waals surface area contributed by atoms with E-state index in [4.69, 9.17) is 9.73 Å². The normalized spacial score (nSPS) is 14.5. The van der Waals surface area contributed by atoms with Gasteiger partial charge in [-0.1, -0.05) is 81.7 Å². The summed E-state index contributed by atoms with van der Waals surface area (Å²) in [4.78, 5) is 4.69. The van der Waals surface area contributed by atoms with Crippen LogP contribution in [0.25, 0.3) is 0 Å². The van der Waals surface area contributed by atoms with Gasteiger partial charge in [-0.3, -0.25) is 0 Å². The Labute approximate surface area is 200 Å². The second kappa shape index (κ2) is 14.1. The zero-order valence-corrected chi connectivity index (χ0v) is 20.8. The average molecular weight is 446 g/mol. The summed E-state index contributed by atoms with van der Waals surface area (Å²) in [7, 11) is 0. The lowest BCUT2D eigenvalue weighted by Gasteiger charge is -2.29. The summed E-state index contributed by atoms with van der Waals surface area (Å²) in [6, 6.07) is 10.2. The molecule has 0 aromatic heterocycles. The van der Waals surface area contributed by atoms with Crippen molar-refractivity contribution in [3.8, 4) is 0 Å². The van der Waals surface area contributed by atoms with Crippen molar-refractivity contribution in [1.82, 2.24) is 5.01 Å². The van der Waals surface area contributed by atoms with E-state index < -0.39 is 0 Å². The fraction of sp³-hybridized carbons (Fsp3) is 0.379. The van der Waals surface area contributed by atoms with Crippen molar-refractivity contribution in [2.75, 3.05) is 0 Å². The Bertz CT molecular complexity index is 944. The van der Waals surface area contributed by atoms with Crippen molar-refractivity contribution in [1.29, 1.82) is 0 Å². The molecule has 0 radical (unpaired) electrons. The van der Waals surface area contributed by atoms with Crippen molar-refractivity contribution in [2.45, 2.75) is 72.8 Å².